The summed E-state index contributed by atoms with van der Waals surface area (Å²) in [5, 5.41) is 61.4. The zero-order valence-electron chi connectivity index (χ0n) is 14.5. The van der Waals surface area contributed by atoms with Gasteiger partial charge in [0.2, 0.25) is 0 Å². The monoisotopic (exact) mass is 447 g/mol. The summed E-state index contributed by atoms with van der Waals surface area (Å²) in [4.78, 5) is 73.9. The number of rotatable bonds is 16. The molecule has 0 aromatic carbocycles. The largest absolute Gasteiger partial charge is 0.736 e. The van der Waals surface area contributed by atoms with Gasteiger partial charge in [0.1, 0.15) is 4.91 Å². The average molecular weight is 447 g/mol. The topological polar surface area (TPSA) is 295 Å². The fourth-order valence-electron chi connectivity index (χ4n) is 1.89. The van der Waals surface area contributed by atoms with Crippen molar-refractivity contribution in [1.29, 1.82) is 0 Å². The first-order chi connectivity index (χ1) is 13.8. The number of hydrogen-bond donors (Lipinski definition) is 1. The molecule has 1 N–H and O–H groups in total. The van der Waals surface area contributed by atoms with Crippen LogP contribution in [-0.4, -0.2) is 64.6 Å². The lowest BCUT2D eigenvalue weighted by Gasteiger charge is -2.07. The molecule has 0 aliphatic carbocycles. The molecule has 0 rings (SSSR count). The van der Waals surface area contributed by atoms with Crippen LogP contribution in [0.3, 0.4) is 0 Å². The third-order valence-corrected chi connectivity index (χ3v) is 3.47. The van der Waals surface area contributed by atoms with E-state index in [1.807, 2.05) is 0 Å². The summed E-state index contributed by atoms with van der Waals surface area (Å²) in [6, 6.07) is 0. The fraction of sp³-hybridized carbons (Fsp3) is 1.00. The minimum Gasteiger partial charge on any atom is -0.253 e. The first-order valence-corrected chi connectivity index (χ1v) is 7.38. The molecule has 22 heteroatoms. The Morgan fingerprint density at radius 2 is 0.900 bits per heavy atom. The molecule has 168 valence electrons. The molecule has 0 heterocycles. The summed E-state index contributed by atoms with van der Waals surface area (Å²) in [6.07, 6.45) is -3.85. The van der Waals surface area contributed by atoms with E-state index in [0.717, 1.165) is 0 Å². The maximum Gasteiger partial charge on any atom is 0.736 e. The summed E-state index contributed by atoms with van der Waals surface area (Å²) >= 11 is 0. The Kier molecular flexibility index (Phi) is 8.73. The van der Waals surface area contributed by atoms with E-state index in [-0.39, 0.29) is 0 Å². The van der Waals surface area contributed by atoms with Gasteiger partial charge in [-0.3, -0.25) is 50.6 Å². The summed E-state index contributed by atoms with van der Waals surface area (Å²) in [5.41, 5.74) is 0. The van der Waals surface area contributed by atoms with E-state index in [1.165, 1.54) is 0 Å². The zero-order valence-corrected chi connectivity index (χ0v) is 14.5. The fourth-order valence-corrected chi connectivity index (χ4v) is 1.89. The Bertz CT molecular complexity index is 619. The first-order valence-electron chi connectivity index (χ1n) is 7.38. The van der Waals surface area contributed by atoms with Crippen molar-refractivity contribution in [2.45, 2.75) is 37.3 Å². The smallest absolute Gasteiger partial charge is 0.253 e. The van der Waals surface area contributed by atoms with Gasteiger partial charge in [-0.05, 0) is 0 Å². The normalized spacial score (nSPS) is 11.2. The molecule has 0 unspecified atom stereocenters. The minimum atomic E-state index is -3.75. The van der Waals surface area contributed by atoms with Crippen molar-refractivity contribution in [3.8, 4) is 0 Å². The maximum absolute atomic E-state index is 11.2. The second kappa shape index (κ2) is 10.2. The van der Waals surface area contributed by atoms with Gasteiger partial charge in [0.15, 0.2) is 50.7 Å². The Morgan fingerprint density at radius 1 is 0.600 bits per heavy atom. The second-order valence-electron chi connectivity index (χ2n) is 5.20. The van der Waals surface area contributed by atoms with Gasteiger partial charge in [-0.15, -0.1) is 0 Å². The van der Waals surface area contributed by atoms with Crippen LogP contribution in [0.2, 0.25) is 0 Å². The molecule has 0 aliphatic rings. The van der Waals surface area contributed by atoms with Crippen molar-refractivity contribution >= 4 is 0 Å². The molecular formula is C8H13N7O15+2. The molecule has 0 bridgehead atoms. The van der Waals surface area contributed by atoms with Crippen molar-refractivity contribution < 1.29 is 49.5 Å². The van der Waals surface area contributed by atoms with E-state index in [2.05, 4.69) is 9.68 Å². The molecule has 0 atom stereocenters. The minimum absolute atomic E-state index is 0.667. The summed E-state index contributed by atoms with van der Waals surface area (Å²) in [6.45, 7) is -1.62. The van der Waals surface area contributed by atoms with Crippen molar-refractivity contribution in [3.05, 3.63) is 60.4 Å². The van der Waals surface area contributed by atoms with Crippen LogP contribution in [0.1, 0.15) is 25.7 Å². The molecule has 0 spiro atoms. The van der Waals surface area contributed by atoms with E-state index < -0.39 is 85.1 Å². The number of hydrogen-bond acceptors (Lipinski definition) is 14. The van der Waals surface area contributed by atoms with Crippen molar-refractivity contribution in [3.63, 3.8) is 0 Å². The summed E-state index contributed by atoms with van der Waals surface area (Å²) in [7, 11) is 0. The predicted molar refractivity (Wildman–Crippen MR) is 79.8 cm³/mol. The van der Waals surface area contributed by atoms with E-state index in [4.69, 9.17) is 5.21 Å². The molecule has 0 saturated carbocycles. The SMILES string of the molecule is O=[N+](OCCCC([N+](=O)[O-])([N+](=O)[O-])[N+](=O)[O-])OCCCC([N+](=O)[O-])([N+](=O)[O-])[N+](=O)O. The summed E-state index contributed by atoms with van der Waals surface area (Å²) < 4.78 is 0. The Balaban J connectivity index is 4.59. The van der Waals surface area contributed by atoms with E-state index in [1.54, 1.807) is 0 Å². The molecule has 30 heavy (non-hydrogen) atoms. The summed E-state index contributed by atoms with van der Waals surface area (Å²) in [5.74, 6) is -7.39. The van der Waals surface area contributed by atoms with Crippen LogP contribution in [0.5, 0.6) is 0 Å². The highest BCUT2D eigenvalue weighted by Gasteiger charge is 2.74. The maximum atomic E-state index is 11.2. The third-order valence-electron chi connectivity index (χ3n) is 3.47. The number of nitro groups is 5. The molecule has 0 saturated heterocycles. The van der Waals surface area contributed by atoms with E-state index in [0.29, 0.717) is 0 Å². The van der Waals surface area contributed by atoms with Crippen LogP contribution in [0, 0.1) is 60.4 Å². The quantitative estimate of drug-likeness (QED) is 0.129. The first kappa shape index (κ1) is 25.6. The Labute approximate surface area is 161 Å². The predicted octanol–water partition coefficient (Wildman–Crippen LogP) is -0.952. The van der Waals surface area contributed by atoms with Gasteiger partial charge < -0.3 is 0 Å². The van der Waals surface area contributed by atoms with Gasteiger partial charge in [-0.2, -0.15) is 9.68 Å². The highest BCUT2D eigenvalue weighted by atomic mass is 17.0. The Morgan fingerprint density at radius 3 is 1.17 bits per heavy atom. The van der Waals surface area contributed by atoms with Gasteiger partial charge in [0.05, 0.1) is 4.91 Å². The molecular weight excluding hydrogens is 434 g/mol. The standard InChI is InChI=1S/C8H13N7O15/c16-9(17)7(10(18)19,11(20)21)3-1-5-29-15(28)30-6-2-4-8(12(22)23,13(24)25)14(26)27/h1-6H2,(H,16,17)/q+2. The molecule has 0 aromatic heterocycles. The van der Waals surface area contributed by atoms with Crippen molar-refractivity contribution in [2.24, 2.45) is 0 Å². The lowest BCUT2D eigenvalue weighted by Crippen LogP contribution is -2.54. The van der Waals surface area contributed by atoms with E-state index >= 15 is 0 Å². The van der Waals surface area contributed by atoms with Crippen LogP contribution in [0.15, 0.2) is 0 Å². The molecule has 0 fully saturated rings. The highest BCUT2D eigenvalue weighted by Crippen LogP contribution is 2.20. The zero-order chi connectivity index (χ0) is 23.7. The molecule has 22 nitrogen and oxygen atoms in total. The third kappa shape index (κ3) is 5.32. The number of nitrogens with zero attached hydrogens (tertiary/aromatic N) is 7. The van der Waals surface area contributed by atoms with Crippen LogP contribution >= 0.6 is 0 Å². The van der Waals surface area contributed by atoms with Crippen molar-refractivity contribution in [1.82, 2.24) is 0 Å². The van der Waals surface area contributed by atoms with Crippen LogP contribution in [0.25, 0.3) is 0 Å². The molecule has 0 amide bonds. The molecule has 0 aliphatic heterocycles. The molecule has 0 aromatic rings. The van der Waals surface area contributed by atoms with Gasteiger partial charge in [-0.1, -0.05) is 0 Å². The van der Waals surface area contributed by atoms with Gasteiger partial charge >= 0.3 is 21.6 Å². The lowest BCUT2D eigenvalue weighted by molar-refractivity contribution is -1.06. The lowest BCUT2D eigenvalue weighted by atomic mass is 10.2. The average Bonchev–Trinajstić information content (AvgIpc) is 2.59. The van der Waals surface area contributed by atoms with Gasteiger partial charge in [0, 0.05) is 12.8 Å². The Hall–Kier alpha value is -4.40. The van der Waals surface area contributed by atoms with Gasteiger partial charge in [-0.25, -0.2) is 5.21 Å². The molecule has 0 radical (unpaired) electrons. The van der Waals surface area contributed by atoms with Gasteiger partial charge in [0.25, 0.3) is 0 Å². The van der Waals surface area contributed by atoms with E-state index in [9.17, 15) is 60.4 Å². The van der Waals surface area contributed by atoms with Crippen molar-refractivity contribution in [2.75, 3.05) is 13.2 Å². The van der Waals surface area contributed by atoms with Crippen LogP contribution in [-0.2, 0) is 9.68 Å². The highest BCUT2D eigenvalue weighted by molar-refractivity contribution is 4.54. The van der Waals surface area contributed by atoms with Crippen LogP contribution < -0.4 is 0 Å². The second-order valence-corrected chi connectivity index (χ2v) is 5.20. The van der Waals surface area contributed by atoms with Crippen LogP contribution in [0.4, 0.5) is 0 Å².